The van der Waals surface area contributed by atoms with Gasteiger partial charge in [-0.3, -0.25) is 9.59 Å². The van der Waals surface area contributed by atoms with E-state index < -0.39 is 24.0 Å². The predicted octanol–water partition coefficient (Wildman–Crippen LogP) is 3.75. The summed E-state index contributed by atoms with van der Waals surface area (Å²) in [6.45, 7) is 6.28. The van der Waals surface area contributed by atoms with Crippen LogP contribution in [0.3, 0.4) is 0 Å². The first-order valence-corrected chi connectivity index (χ1v) is 12.5. The molecule has 0 bridgehead atoms. The van der Waals surface area contributed by atoms with E-state index in [9.17, 15) is 24.2 Å². The Labute approximate surface area is 216 Å². The summed E-state index contributed by atoms with van der Waals surface area (Å²) in [5, 5.41) is 23.2. The van der Waals surface area contributed by atoms with Gasteiger partial charge in [0.25, 0.3) is 5.91 Å². The lowest BCUT2D eigenvalue weighted by molar-refractivity contribution is 0.0711. The monoisotopic (exact) mass is 510 g/mol. The second kappa shape index (κ2) is 12.6. The van der Waals surface area contributed by atoms with Crippen molar-refractivity contribution >= 4 is 11.8 Å². The van der Waals surface area contributed by atoms with Crippen molar-refractivity contribution in [3.63, 3.8) is 0 Å². The van der Waals surface area contributed by atoms with Crippen molar-refractivity contribution in [3.05, 3.63) is 76.9 Å². The SMILES string of the molecule is CCC(O)CC(O)CCn1c(-c2ccc(F)cc2)nc(C(=O)NCc2cccc(C(N)=O)c2)c1C(C)C. The number of amides is 2. The second-order valence-electron chi connectivity index (χ2n) is 9.47. The number of nitrogens with one attached hydrogen (secondary N) is 1. The average molecular weight is 511 g/mol. The molecule has 9 heteroatoms. The summed E-state index contributed by atoms with van der Waals surface area (Å²) in [5.74, 6) is -0.915. The lowest BCUT2D eigenvalue weighted by Gasteiger charge is -2.19. The Balaban J connectivity index is 1.93. The first kappa shape index (κ1) is 28.0. The number of nitrogens with two attached hydrogens (primary N) is 1. The van der Waals surface area contributed by atoms with Gasteiger partial charge in [0, 0.05) is 24.2 Å². The predicted molar refractivity (Wildman–Crippen MR) is 139 cm³/mol. The van der Waals surface area contributed by atoms with Crippen molar-refractivity contribution in [2.45, 2.75) is 71.2 Å². The van der Waals surface area contributed by atoms with Crippen LogP contribution in [0.4, 0.5) is 4.39 Å². The number of aliphatic hydroxyl groups is 2. The molecular formula is C28H35FN4O4. The van der Waals surface area contributed by atoms with Crippen molar-refractivity contribution < 1.29 is 24.2 Å². The van der Waals surface area contributed by atoms with Crippen molar-refractivity contribution in [3.8, 4) is 11.4 Å². The third-order valence-corrected chi connectivity index (χ3v) is 6.24. The Kier molecular flexibility index (Phi) is 9.54. The molecule has 0 spiro atoms. The zero-order valence-electron chi connectivity index (χ0n) is 21.4. The van der Waals surface area contributed by atoms with Crippen LogP contribution >= 0.6 is 0 Å². The number of carbonyl (C=O) groups excluding carboxylic acids is 2. The summed E-state index contributed by atoms with van der Waals surface area (Å²) in [4.78, 5) is 29.5. The highest BCUT2D eigenvalue weighted by molar-refractivity contribution is 5.95. The summed E-state index contributed by atoms with van der Waals surface area (Å²) >= 11 is 0. The number of nitrogens with zero attached hydrogens (tertiary/aromatic N) is 2. The molecule has 5 N–H and O–H groups in total. The fourth-order valence-corrected chi connectivity index (χ4v) is 4.24. The van der Waals surface area contributed by atoms with E-state index in [2.05, 4.69) is 10.3 Å². The van der Waals surface area contributed by atoms with Crippen LogP contribution < -0.4 is 11.1 Å². The van der Waals surface area contributed by atoms with Gasteiger partial charge >= 0.3 is 0 Å². The number of hydrogen-bond donors (Lipinski definition) is 4. The number of aromatic nitrogens is 2. The number of imidazole rings is 1. The largest absolute Gasteiger partial charge is 0.393 e. The number of primary amides is 1. The Morgan fingerprint density at radius 3 is 2.43 bits per heavy atom. The molecule has 0 fully saturated rings. The minimum Gasteiger partial charge on any atom is -0.393 e. The Hall–Kier alpha value is -3.56. The molecule has 1 heterocycles. The molecule has 8 nitrogen and oxygen atoms in total. The first-order chi connectivity index (χ1) is 17.6. The summed E-state index contributed by atoms with van der Waals surface area (Å²) < 4.78 is 15.5. The van der Waals surface area contributed by atoms with Gasteiger partial charge in [0.2, 0.25) is 5.91 Å². The van der Waals surface area contributed by atoms with E-state index in [0.29, 0.717) is 47.6 Å². The van der Waals surface area contributed by atoms with Gasteiger partial charge in [-0.15, -0.1) is 0 Å². The maximum atomic E-state index is 13.6. The van der Waals surface area contributed by atoms with Gasteiger partial charge < -0.3 is 25.8 Å². The molecule has 3 rings (SSSR count). The van der Waals surface area contributed by atoms with E-state index in [0.717, 1.165) is 0 Å². The molecular weight excluding hydrogens is 475 g/mol. The molecule has 2 atom stereocenters. The zero-order chi connectivity index (χ0) is 27.1. The number of carbonyl (C=O) groups is 2. The molecule has 37 heavy (non-hydrogen) atoms. The van der Waals surface area contributed by atoms with Gasteiger partial charge in [-0.2, -0.15) is 0 Å². The fraction of sp³-hybridized carbons (Fsp3) is 0.393. The average Bonchev–Trinajstić information content (AvgIpc) is 3.26. The highest BCUT2D eigenvalue weighted by Crippen LogP contribution is 2.29. The Bertz CT molecular complexity index is 1220. The molecule has 0 aliphatic carbocycles. The molecule has 0 aliphatic heterocycles. The third kappa shape index (κ3) is 7.24. The van der Waals surface area contributed by atoms with Crippen LogP contribution in [0.25, 0.3) is 11.4 Å². The number of aliphatic hydroxyl groups excluding tert-OH is 2. The van der Waals surface area contributed by atoms with Crippen LogP contribution in [-0.2, 0) is 13.1 Å². The minimum atomic E-state index is -0.728. The molecule has 0 aliphatic rings. The van der Waals surface area contributed by atoms with Crippen molar-refractivity contribution in [1.82, 2.24) is 14.9 Å². The van der Waals surface area contributed by atoms with Gasteiger partial charge in [-0.1, -0.05) is 32.9 Å². The fourth-order valence-electron chi connectivity index (χ4n) is 4.24. The third-order valence-electron chi connectivity index (χ3n) is 6.24. The lowest BCUT2D eigenvalue weighted by atomic mass is 10.1. The van der Waals surface area contributed by atoms with Crippen LogP contribution in [0.15, 0.2) is 48.5 Å². The minimum absolute atomic E-state index is 0.0842. The van der Waals surface area contributed by atoms with Gasteiger partial charge in [0.1, 0.15) is 17.3 Å². The van der Waals surface area contributed by atoms with Crippen LogP contribution in [0.1, 0.15) is 78.1 Å². The number of benzene rings is 2. The smallest absolute Gasteiger partial charge is 0.272 e. The number of halogens is 1. The number of hydrogen-bond acceptors (Lipinski definition) is 5. The summed E-state index contributed by atoms with van der Waals surface area (Å²) in [5.41, 5.74) is 7.99. The maximum Gasteiger partial charge on any atom is 0.272 e. The van der Waals surface area contributed by atoms with Crippen molar-refractivity contribution in [2.75, 3.05) is 0 Å². The normalized spacial score (nSPS) is 12.9. The van der Waals surface area contributed by atoms with E-state index in [1.54, 1.807) is 36.4 Å². The molecule has 0 saturated heterocycles. The standard InChI is InChI=1S/C28H35FN4O4/c1-4-22(34)15-23(35)12-13-33-25(17(2)3)24(32-27(33)19-8-10-21(29)11-9-19)28(37)31-16-18-6-5-7-20(14-18)26(30)36/h5-11,14,17,22-23,34-35H,4,12-13,15-16H2,1-3H3,(H2,30,36)(H,31,37). The van der Waals surface area contributed by atoms with Gasteiger partial charge in [0.05, 0.1) is 17.9 Å². The van der Waals surface area contributed by atoms with E-state index in [-0.39, 0.29) is 30.4 Å². The van der Waals surface area contributed by atoms with Gasteiger partial charge in [-0.05, 0) is 67.1 Å². The number of rotatable bonds is 12. The zero-order valence-corrected chi connectivity index (χ0v) is 21.4. The quantitative estimate of drug-likeness (QED) is 0.295. The Morgan fingerprint density at radius 1 is 1.11 bits per heavy atom. The topological polar surface area (TPSA) is 130 Å². The van der Waals surface area contributed by atoms with Crippen LogP contribution in [-0.4, -0.2) is 43.8 Å². The molecule has 198 valence electrons. The molecule has 2 aromatic carbocycles. The molecule has 0 radical (unpaired) electrons. The van der Waals surface area contributed by atoms with Gasteiger partial charge in [0.15, 0.2) is 0 Å². The first-order valence-electron chi connectivity index (χ1n) is 12.5. The second-order valence-corrected chi connectivity index (χ2v) is 9.47. The molecule has 3 aromatic rings. The van der Waals surface area contributed by atoms with E-state index >= 15 is 0 Å². The Morgan fingerprint density at radius 2 is 1.81 bits per heavy atom. The van der Waals surface area contributed by atoms with Crippen molar-refractivity contribution in [1.29, 1.82) is 0 Å². The van der Waals surface area contributed by atoms with Crippen molar-refractivity contribution in [2.24, 2.45) is 5.73 Å². The van der Waals surface area contributed by atoms with Crippen LogP contribution in [0, 0.1) is 5.82 Å². The molecule has 1 aromatic heterocycles. The molecule has 2 amide bonds. The maximum absolute atomic E-state index is 13.6. The lowest BCUT2D eigenvalue weighted by Crippen LogP contribution is -2.25. The van der Waals surface area contributed by atoms with Crippen LogP contribution in [0.2, 0.25) is 0 Å². The summed E-state index contributed by atoms with van der Waals surface area (Å²) in [6.07, 6.45) is -0.164. The van der Waals surface area contributed by atoms with E-state index in [1.807, 2.05) is 25.3 Å². The highest BCUT2D eigenvalue weighted by atomic mass is 19.1. The van der Waals surface area contributed by atoms with E-state index in [4.69, 9.17) is 5.73 Å². The highest BCUT2D eigenvalue weighted by Gasteiger charge is 2.26. The van der Waals surface area contributed by atoms with Crippen LogP contribution in [0.5, 0.6) is 0 Å². The summed E-state index contributed by atoms with van der Waals surface area (Å²) in [7, 11) is 0. The van der Waals surface area contributed by atoms with E-state index in [1.165, 1.54) is 12.1 Å². The van der Waals surface area contributed by atoms with Gasteiger partial charge in [-0.25, -0.2) is 9.37 Å². The molecule has 0 saturated carbocycles. The summed E-state index contributed by atoms with van der Waals surface area (Å²) in [6, 6.07) is 12.6. The molecule has 2 unspecified atom stereocenters.